The van der Waals surface area contributed by atoms with Gasteiger partial charge in [-0.15, -0.1) is 12.4 Å². The third kappa shape index (κ3) is 3.21. The molecule has 2 rings (SSSR count). The van der Waals surface area contributed by atoms with Gasteiger partial charge in [0.1, 0.15) is 0 Å². The van der Waals surface area contributed by atoms with Crippen molar-refractivity contribution in [3.8, 4) is 0 Å². The minimum atomic E-state index is 0. The summed E-state index contributed by atoms with van der Waals surface area (Å²) in [5.41, 5.74) is 10.1. The van der Waals surface area contributed by atoms with E-state index in [1.165, 1.54) is 36.1 Å². The first-order chi connectivity index (χ1) is 7.72. The number of nitrogens with zero attached hydrogens (tertiary/aromatic N) is 1. The molecule has 1 heterocycles. The predicted molar refractivity (Wildman–Crippen MR) is 75.7 cm³/mol. The Labute approximate surface area is 111 Å². The molecular formula is C14H23ClN2. The highest BCUT2D eigenvalue weighted by Crippen LogP contribution is 2.21. The summed E-state index contributed by atoms with van der Waals surface area (Å²) in [6, 6.07) is 7.18. The van der Waals surface area contributed by atoms with E-state index in [-0.39, 0.29) is 12.4 Å². The van der Waals surface area contributed by atoms with Crippen LogP contribution in [0.4, 0.5) is 0 Å². The monoisotopic (exact) mass is 254 g/mol. The van der Waals surface area contributed by atoms with Gasteiger partial charge in [0.2, 0.25) is 0 Å². The first-order valence-electron chi connectivity index (χ1n) is 6.21. The number of hydrogen-bond donors (Lipinski definition) is 1. The van der Waals surface area contributed by atoms with Crippen molar-refractivity contribution in [2.75, 3.05) is 13.1 Å². The van der Waals surface area contributed by atoms with Crippen molar-refractivity contribution in [2.45, 2.75) is 39.3 Å². The van der Waals surface area contributed by atoms with E-state index in [1.807, 2.05) is 0 Å². The van der Waals surface area contributed by atoms with Crippen LogP contribution in [-0.4, -0.2) is 24.0 Å². The Kier molecular flexibility index (Phi) is 5.44. The molecule has 1 fully saturated rings. The maximum absolute atomic E-state index is 5.80. The molecule has 0 amide bonds. The topological polar surface area (TPSA) is 29.3 Å². The van der Waals surface area contributed by atoms with Gasteiger partial charge in [0, 0.05) is 19.1 Å². The molecule has 0 aliphatic carbocycles. The van der Waals surface area contributed by atoms with Crippen LogP contribution in [0.5, 0.6) is 0 Å². The van der Waals surface area contributed by atoms with Gasteiger partial charge in [-0.1, -0.05) is 18.2 Å². The van der Waals surface area contributed by atoms with Crippen LogP contribution >= 0.6 is 12.4 Å². The second-order valence-corrected chi connectivity index (χ2v) is 4.86. The second-order valence-electron chi connectivity index (χ2n) is 4.86. The van der Waals surface area contributed by atoms with E-state index in [1.54, 1.807) is 0 Å². The molecule has 1 unspecified atom stereocenters. The average Bonchev–Trinajstić information content (AvgIpc) is 2.72. The van der Waals surface area contributed by atoms with E-state index in [0.717, 1.165) is 13.1 Å². The number of likely N-dealkylation sites (tertiary alicyclic amines) is 1. The van der Waals surface area contributed by atoms with Crippen LogP contribution in [0.3, 0.4) is 0 Å². The van der Waals surface area contributed by atoms with Gasteiger partial charge in [0.05, 0.1) is 0 Å². The fraction of sp³-hybridized carbons (Fsp3) is 0.571. The lowest BCUT2D eigenvalue weighted by Crippen LogP contribution is -2.35. The lowest BCUT2D eigenvalue weighted by molar-refractivity contribution is 0.250. The summed E-state index contributed by atoms with van der Waals surface area (Å²) in [6.07, 6.45) is 2.56. The molecule has 3 heteroatoms. The van der Waals surface area contributed by atoms with Crippen LogP contribution in [0.2, 0.25) is 0 Å². The molecule has 2 N–H and O–H groups in total. The summed E-state index contributed by atoms with van der Waals surface area (Å²) < 4.78 is 0. The Balaban J connectivity index is 0.00000144. The van der Waals surface area contributed by atoms with Gasteiger partial charge in [-0.05, 0) is 49.9 Å². The van der Waals surface area contributed by atoms with Crippen LogP contribution in [0, 0.1) is 13.8 Å². The first-order valence-corrected chi connectivity index (χ1v) is 6.21. The summed E-state index contributed by atoms with van der Waals surface area (Å²) in [4.78, 5) is 2.53. The Morgan fingerprint density at radius 2 is 2.12 bits per heavy atom. The van der Waals surface area contributed by atoms with Crippen molar-refractivity contribution in [1.82, 2.24) is 4.90 Å². The largest absolute Gasteiger partial charge is 0.329 e. The maximum atomic E-state index is 5.80. The minimum absolute atomic E-state index is 0. The van der Waals surface area contributed by atoms with Crippen molar-refractivity contribution >= 4 is 12.4 Å². The molecule has 1 aromatic carbocycles. The molecule has 0 aromatic heterocycles. The van der Waals surface area contributed by atoms with Crippen molar-refractivity contribution in [2.24, 2.45) is 5.73 Å². The van der Waals surface area contributed by atoms with Crippen molar-refractivity contribution < 1.29 is 0 Å². The van der Waals surface area contributed by atoms with Gasteiger partial charge in [-0.2, -0.15) is 0 Å². The highest BCUT2D eigenvalue weighted by Gasteiger charge is 2.23. The molecule has 1 aliphatic rings. The van der Waals surface area contributed by atoms with Crippen molar-refractivity contribution in [3.05, 3.63) is 34.9 Å². The summed E-state index contributed by atoms with van der Waals surface area (Å²) in [5, 5.41) is 0. The highest BCUT2D eigenvalue weighted by atomic mass is 35.5. The zero-order chi connectivity index (χ0) is 11.5. The maximum Gasteiger partial charge on any atom is 0.0239 e. The number of rotatable bonds is 3. The minimum Gasteiger partial charge on any atom is -0.329 e. The smallest absolute Gasteiger partial charge is 0.0239 e. The van der Waals surface area contributed by atoms with E-state index in [4.69, 9.17) is 5.73 Å². The molecule has 0 saturated carbocycles. The van der Waals surface area contributed by atoms with Crippen LogP contribution in [0.25, 0.3) is 0 Å². The van der Waals surface area contributed by atoms with Gasteiger partial charge < -0.3 is 5.73 Å². The molecule has 0 spiro atoms. The predicted octanol–water partition coefficient (Wildman–Crippen LogP) is 2.65. The molecule has 2 nitrogen and oxygen atoms in total. The average molecular weight is 255 g/mol. The molecule has 1 aliphatic heterocycles. The quantitative estimate of drug-likeness (QED) is 0.899. The van der Waals surface area contributed by atoms with Crippen molar-refractivity contribution in [3.63, 3.8) is 0 Å². The highest BCUT2D eigenvalue weighted by molar-refractivity contribution is 5.85. The third-order valence-corrected chi connectivity index (χ3v) is 3.86. The van der Waals surface area contributed by atoms with E-state index in [2.05, 4.69) is 36.9 Å². The van der Waals surface area contributed by atoms with Crippen LogP contribution in [-0.2, 0) is 6.54 Å². The Morgan fingerprint density at radius 1 is 1.35 bits per heavy atom. The van der Waals surface area contributed by atoms with Crippen LogP contribution in [0.1, 0.15) is 29.5 Å². The lowest BCUT2D eigenvalue weighted by atomic mass is 10.0. The van der Waals surface area contributed by atoms with Gasteiger partial charge in [0.15, 0.2) is 0 Å². The summed E-state index contributed by atoms with van der Waals surface area (Å²) in [7, 11) is 0. The van der Waals surface area contributed by atoms with Crippen LogP contribution < -0.4 is 5.73 Å². The van der Waals surface area contributed by atoms with Gasteiger partial charge in [-0.25, -0.2) is 0 Å². The number of nitrogens with two attached hydrogens (primary N) is 1. The first kappa shape index (κ1) is 14.5. The number of hydrogen-bond acceptors (Lipinski definition) is 2. The molecule has 1 saturated heterocycles. The molecule has 0 radical (unpaired) electrons. The second kappa shape index (κ2) is 6.39. The van der Waals surface area contributed by atoms with E-state index < -0.39 is 0 Å². The molecule has 0 bridgehead atoms. The molecule has 1 atom stereocenters. The number of aryl methyl sites for hydroxylation is 1. The van der Waals surface area contributed by atoms with E-state index in [9.17, 15) is 0 Å². The third-order valence-electron chi connectivity index (χ3n) is 3.86. The summed E-state index contributed by atoms with van der Waals surface area (Å²) >= 11 is 0. The fourth-order valence-electron chi connectivity index (χ4n) is 2.57. The van der Waals surface area contributed by atoms with Gasteiger partial charge in [-0.3, -0.25) is 4.90 Å². The van der Waals surface area contributed by atoms with Crippen LogP contribution in [0.15, 0.2) is 18.2 Å². The number of halogens is 1. The summed E-state index contributed by atoms with van der Waals surface area (Å²) in [5.74, 6) is 0. The zero-order valence-corrected chi connectivity index (χ0v) is 11.6. The van der Waals surface area contributed by atoms with E-state index in [0.29, 0.717) is 6.04 Å². The van der Waals surface area contributed by atoms with Crippen molar-refractivity contribution in [1.29, 1.82) is 0 Å². The normalized spacial score (nSPS) is 20.3. The molecule has 96 valence electrons. The van der Waals surface area contributed by atoms with Gasteiger partial charge in [0.25, 0.3) is 0 Å². The number of benzene rings is 1. The zero-order valence-electron chi connectivity index (χ0n) is 10.8. The standard InChI is InChI=1S/C14H22N2.ClH/c1-11-5-3-6-13(12(11)2)10-16-8-4-7-14(16)9-15;/h3,5-6,14H,4,7-10,15H2,1-2H3;1H. The Bertz CT molecular complexity index is 365. The fourth-order valence-corrected chi connectivity index (χ4v) is 2.57. The summed E-state index contributed by atoms with van der Waals surface area (Å²) in [6.45, 7) is 7.47. The van der Waals surface area contributed by atoms with Gasteiger partial charge >= 0.3 is 0 Å². The Hall–Kier alpha value is -0.570. The Morgan fingerprint density at radius 3 is 2.82 bits per heavy atom. The SMILES string of the molecule is Cc1cccc(CN2CCCC2CN)c1C.Cl. The lowest BCUT2D eigenvalue weighted by Gasteiger charge is -2.24. The molecule has 17 heavy (non-hydrogen) atoms. The molecule has 1 aromatic rings. The van der Waals surface area contributed by atoms with E-state index >= 15 is 0 Å². The molecular weight excluding hydrogens is 232 g/mol.